The SMILES string of the molecule is CCC1=C/N=C(C)C(C)C\C=C\1. The lowest BCUT2D eigenvalue weighted by Gasteiger charge is -2.09. The Morgan fingerprint density at radius 3 is 3.00 bits per heavy atom. The fourth-order valence-electron chi connectivity index (χ4n) is 1.16. The lowest BCUT2D eigenvalue weighted by molar-refractivity contribution is 0.782. The second-order valence-corrected chi connectivity index (χ2v) is 3.37. The maximum absolute atomic E-state index is 4.42. The largest absolute Gasteiger partial charge is 0.265 e. The Bertz CT molecular complexity index is 233. The molecule has 12 heavy (non-hydrogen) atoms. The Morgan fingerprint density at radius 1 is 1.58 bits per heavy atom. The summed E-state index contributed by atoms with van der Waals surface area (Å²) in [4.78, 5) is 4.42. The van der Waals surface area contributed by atoms with Crippen molar-refractivity contribution in [3.8, 4) is 0 Å². The molecule has 1 atom stereocenters. The maximum Gasteiger partial charge on any atom is 0.0299 e. The number of rotatable bonds is 1. The van der Waals surface area contributed by atoms with Gasteiger partial charge in [0.1, 0.15) is 0 Å². The van der Waals surface area contributed by atoms with Gasteiger partial charge in [0.2, 0.25) is 0 Å². The second kappa shape index (κ2) is 4.24. The predicted molar refractivity (Wildman–Crippen MR) is 54.4 cm³/mol. The molecule has 0 saturated carbocycles. The van der Waals surface area contributed by atoms with Crippen LogP contribution in [0.5, 0.6) is 0 Å². The number of hydrogen-bond acceptors (Lipinski definition) is 1. The monoisotopic (exact) mass is 163 g/mol. The van der Waals surface area contributed by atoms with Crippen molar-refractivity contribution in [1.29, 1.82) is 0 Å². The third kappa shape index (κ3) is 2.33. The van der Waals surface area contributed by atoms with Crippen LogP contribution in [0.1, 0.15) is 33.6 Å². The Morgan fingerprint density at radius 2 is 2.33 bits per heavy atom. The van der Waals surface area contributed by atoms with Crippen molar-refractivity contribution in [3.05, 3.63) is 23.9 Å². The van der Waals surface area contributed by atoms with Crippen molar-refractivity contribution in [1.82, 2.24) is 0 Å². The molecule has 1 heterocycles. The normalized spacial score (nSPS) is 31.1. The lowest BCUT2D eigenvalue weighted by Crippen LogP contribution is -2.06. The van der Waals surface area contributed by atoms with Crippen molar-refractivity contribution < 1.29 is 0 Å². The molecule has 0 amide bonds. The van der Waals surface area contributed by atoms with Gasteiger partial charge in [-0.25, -0.2) is 0 Å². The van der Waals surface area contributed by atoms with E-state index in [0.29, 0.717) is 5.92 Å². The van der Waals surface area contributed by atoms with Crippen LogP contribution in [-0.4, -0.2) is 5.71 Å². The molecule has 0 aliphatic carbocycles. The van der Waals surface area contributed by atoms with E-state index in [1.54, 1.807) is 0 Å². The van der Waals surface area contributed by atoms with Crippen LogP contribution >= 0.6 is 0 Å². The average molecular weight is 163 g/mol. The van der Waals surface area contributed by atoms with Crippen LogP contribution in [0.15, 0.2) is 28.9 Å². The summed E-state index contributed by atoms with van der Waals surface area (Å²) >= 11 is 0. The molecule has 0 aromatic carbocycles. The van der Waals surface area contributed by atoms with Crippen molar-refractivity contribution in [3.63, 3.8) is 0 Å². The molecule has 0 aromatic rings. The van der Waals surface area contributed by atoms with Gasteiger partial charge in [0, 0.05) is 11.9 Å². The highest BCUT2D eigenvalue weighted by Gasteiger charge is 2.04. The van der Waals surface area contributed by atoms with Crippen LogP contribution in [0.2, 0.25) is 0 Å². The summed E-state index contributed by atoms with van der Waals surface area (Å²) in [5, 5.41) is 0. The quantitative estimate of drug-likeness (QED) is 0.562. The summed E-state index contributed by atoms with van der Waals surface area (Å²) < 4.78 is 0. The van der Waals surface area contributed by atoms with Gasteiger partial charge in [-0.15, -0.1) is 0 Å². The minimum Gasteiger partial charge on any atom is -0.265 e. The van der Waals surface area contributed by atoms with Gasteiger partial charge in [-0.05, 0) is 31.3 Å². The summed E-state index contributed by atoms with van der Waals surface area (Å²) in [6.07, 6.45) is 8.61. The van der Waals surface area contributed by atoms with E-state index in [1.165, 1.54) is 11.3 Å². The molecular weight excluding hydrogens is 146 g/mol. The van der Waals surface area contributed by atoms with Crippen molar-refractivity contribution in [2.75, 3.05) is 0 Å². The Hall–Kier alpha value is -0.850. The minimum absolute atomic E-state index is 0.593. The molecule has 1 aliphatic heterocycles. The van der Waals surface area contributed by atoms with Crippen molar-refractivity contribution in [2.45, 2.75) is 33.6 Å². The number of nitrogens with zero attached hydrogens (tertiary/aromatic N) is 1. The Kier molecular flexibility index (Phi) is 3.27. The number of allylic oxidation sites excluding steroid dienone is 3. The van der Waals surface area contributed by atoms with Gasteiger partial charge in [0.25, 0.3) is 0 Å². The van der Waals surface area contributed by atoms with E-state index >= 15 is 0 Å². The molecule has 0 N–H and O–H groups in total. The Labute approximate surface area is 74.9 Å². The topological polar surface area (TPSA) is 12.4 Å². The molecule has 1 heteroatoms. The van der Waals surface area contributed by atoms with Crippen LogP contribution in [0, 0.1) is 5.92 Å². The first-order chi connectivity index (χ1) is 5.74. The molecule has 0 fully saturated rings. The smallest absolute Gasteiger partial charge is 0.0299 e. The van der Waals surface area contributed by atoms with Gasteiger partial charge in [-0.2, -0.15) is 0 Å². The first kappa shape index (κ1) is 9.24. The minimum atomic E-state index is 0.593. The van der Waals surface area contributed by atoms with Crippen molar-refractivity contribution in [2.24, 2.45) is 10.9 Å². The highest BCUT2D eigenvalue weighted by Crippen LogP contribution is 2.13. The summed E-state index contributed by atoms with van der Waals surface area (Å²) in [7, 11) is 0. The van der Waals surface area contributed by atoms with Gasteiger partial charge in [-0.3, -0.25) is 4.99 Å². The predicted octanol–water partition coefficient (Wildman–Crippen LogP) is 3.34. The van der Waals surface area contributed by atoms with Crippen LogP contribution in [0.4, 0.5) is 0 Å². The molecule has 0 spiro atoms. The fourth-order valence-corrected chi connectivity index (χ4v) is 1.16. The van der Waals surface area contributed by atoms with E-state index in [9.17, 15) is 0 Å². The first-order valence-electron chi connectivity index (χ1n) is 4.64. The van der Waals surface area contributed by atoms with E-state index in [-0.39, 0.29) is 0 Å². The van der Waals surface area contributed by atoms with E-state index in [1.807, 2.05) is 6.20 Å². The van der Waals surface area contributed by atoms with Gasteiger partial charge < -0.3 is 0 Å². The molecule has 1 unspecified atom stereocenters. The van der Waals surface area contributed by atoms with Crippen molar-refractivity contribution >= 4 is 5.71 Å². The standard InChI is InChI=1S/C11H17N/c1-4-11-7-5-6-9(2)10(3)12-8-11/h5,7-9H,4,6H2,1-3H3/b7-5+,11-8-,12-10?. The summed E-state index contributed by atoms with van der Waals surface area (Å²) in [5.41, 5.74) is 2.56. The number of aliphatic imine (C=N–C) groups is 1. The Balaban J connectivity index is 2.83. The molecule has 0 saturated heterocycles. The molecule has 0 radical (unpaired) electrons. The molecular formula is C11H17N. The summed E-state index contributed by atoms with van der Waals surface area (Å²) in [6, 6.07) is 0. The molecule has 1 nitrogen and oxygen atoms in total. The van der Waals surface area contributed by atoms with Gasteiger partial charge in [-0.1, -0.05) is 26.0 Å². The molecule has 66 valence electrons. The van der Waals surface area contributed by atoms with E-state index in [2.05, 4.69) is 37.9 Å². The summed E-state index contributed by atoms with van der Waals surface area (Å²) in [5.74, 6) is 0.593. The zero-order valence-corrected chi connectivity index (χ0v) is 8.17. The van der Waals surface area contributed by atoms with E-state index in [4.69, 9.17) is 0 Å². The first-order valence-corrected chi connectivity index (χ1v) is 4.64. The van der Waals surface area contributed by atoms with Crippen LogP contribution < -0.4 is 0 Å². The zero-order valence-electron chi connectivity index (χ0n) is 8.17. The van der Waals surface area contributed by atoms with Crippen LogP contribution in [-0.2, 0) is 0 Å². The second-order valence-electron chi connectivity index (χ2n) is 3.37. The van der Waals surface area contributed by atoms with E-state index in [0.717, 1.165) is 12.8 Å². The van der Waals surface area contributed by atoms with Gasteiger partial charge in [0.15, 0.2) is 0 Å². The third-order valence-corrected chi connectivity index (χ3v) is 2.38. The molecule has 0 bridgehead atoms. The van der Waals surface area contributed by atoms with E-state index < -0.39 is 0 Å². The molecule has 1 aliphatic rings. The van der Waals surface area contributed by atoms with Gasteiger partial charge in [0.05, 0.1) is 0 Å². The summed E-state index contributed by atoms with van der Waals surface area (Å²) in [6.45, 7) is 6.48. The number of hydrogen-bond donors (Lipinski definition) is 0. The maximum atomic E-state index is 4.42. The molecule has 0 aromatic heterocycles. The third-order valence-electron chi connectivity index (χ3n) is 2.38. The zero-order chi connectivity index (χ0) is 8.97. The van der Waals surface area contributed by atoms with Gasteiger partial charge >= 0.3 is 0 Å². The van der Waals surface area contributed by atoms with Crippen LogP contribution in [0.25, 0.3) is 0 Å². The highest BCUT2D eigenvalue weighted by molar-refractivity contribution is 5.84. The van der Waals surface area contributed by atoms with Crippen LogP contribution in [0.3, 0.4) is 0 Å². The highest BCUT2D eigenvalue weighted by atomic mass is 14.7. The average Bonchev–Trinajstić information content (AvgIpc) is 2.07. The fraction of sp³-hybridized carbons (Fsp3) is 0.545. The lowest BCUT2D eigenvalue weighted by atomic mass is 10.0. The molecule has 1 rings (SSSR count).